The lowest BCUT2D eigenvalue weighted by Gasteiger charge is -2.34. The molecular formula is C49H93NO7. The molecule has 0 aliphatic rings. The summed E-state index contributed by atoms with van der Waals surface area (Å²) >= 11 is 0. The van der Waals surface area contributed by atoms with Crippen molar-refractivity contribution >= 4 is 17.9 Å². The van der Waals surface area contributed by atoms with Crippen molar-refractivity contribution in [3.63, 3.8) is 0 Å². The van der Waals surface area contributed by atoms with Crippen molar-refractivity contribution in [3.05, 3.63) is 12.2 Å². The molecule has 0 fully saturated rings. The maximum absolute atomic E-state index is 12.7. The van der Waals surface area contributed by atoms with Gasteiger partial charge in [0.1, 0.15) is 12.6 Å². The number of carboxylic acid groups (broad SMARTS) is 1. The van der Waals surface area contributed by atoms with Crippen LogP contribution in [0.5, 0.6) is 0 Å². The molecule has 57 heavy (non-hydrogen) atoms. The van der Waals surface area contributed by atoms with Crippen LogP contribution in [0.4, 0.5) is 0 Å². The highest BCUT2D eigenvalue weighted by Gasteiger charge is 2.25. The standard InChI is InChI=1S/C49H93NO7/c1-6-8-10-12-14-16-18-20-22-23-24-25-26-28-30-32-34-36-38-40-48(52)57-45(43-55-42-41-46(49(53)54)50(3,4)5)44-56-47(51)39-37-35-33-31-29-27-21-19-17-15-13-11-9-7-2/h23-24,45-46H,6-22,25-44H2,1-5H3/b24-23+. The van der Waals surface area contributed by atoms with Crippen LogP contribution in [0, 0.1) is 0 Å². The summed E-state index contributed by atoms with van der Waals surface area (Å²) < 4.78 is 17.2. The zero-order valence-electron chi connectivity index (χ0n) is 38.3. The van der Waals surface area contributed by atoms with E-state index in [0.29, 0.717) is 12.8 Å². The van der Waals surface area contributed by atoms with Gasteiger partial charge in [0.2, 0.25) is 0 Å². The van der Waals surface area contributed by atoms with E-state index in [1.165, 1.54) is 161 Å². The van der Waals surface area contributed by atoms with Crippen LogP contribution in [0.2, 0.25) is 0 Å². The summed E-state index contributed by atoms with van der Waals surface area (Å²) in [5, 5.41) is 11.6. The highest BCUT2D eigenvalue weighted by Crippen LogP contribution is 2.16. The van der Waals surface area contributed by atoms with Gasteiger partial charge < -0.3 is 28.6 Å². The number of allylic oxidation sites excluding steroid dienone is 2. The number of carboxylic acids is 1. The molecule has 2 atom stereocenters. The SMILES string of the molecule is CCCCCCCCCC/C=C/CCCCCCCCCC(=O)OC(COCCC(C(=O)[O-])[N+](C)(C)C)COC(=O)CCCCCCCCCCCCCCCC. The van der Waals surface area contributed by atoms with E-state index in [-0.39, 0.29) is 42.7 Å². The lowest BCUT2D eigenvalue weighted by Crippen LogP contribution is -2.55. The minimum Gasteiger partial charge on any atom is -0.544 e. The first-order chi connectivity index (χ1) is 27.6. The Morgan fingerprint density at radius 1 is 0.509 bits per heavy atom. The van der Waals surface area contributed by atoms with Crippen LogP contribution in [0.15, 0.2) is 12.2 Å². The van der Waals surface area contributed by atoms with Crippen molar-refractivity contribution in [1.29, 1.82) is 0 Å². The van der Waals surface area contributed by atoms with Gasteiger partial charge in [0, 0.05) is 19.3 Å². The smallest absolute Gasteiger partial charge is 0.306 e. The normalized spacial score (nSPS) is 12.9. The summed E-state index contributed by atoms with van der Waals surface area (Å²) in [7, 11) is 5.42. The van der Waals surface area contributed by atoms with E-state index in [1.807, 2.05) is 0 Å². The second-order valence-corrected chi connectivity index (χ2v) is 17.7. The van der Waals surface area contributed by atoms with Gasteiger partial charge >= 0.3 is 11.9 Å². The Hall–Kier alpha value is -1.93. The molecule has 0 spiro atoms. The number of hydrogen-bond donors (Lipinski definition) is 0. The number of likely N-dealkylation sites (N-methyl/N-ethyl adjacent to an activating group) is 1. The van der Waals surface area contributed by atoms with E-state index in [0.717, 1.165) is 38.5 Å². The Kier molecular flexibility index (Phi) is 39.4. The topological polar surface area (TPSA) is 102 Å². The van der Waals surface area contributed by atoms with Crippen molar-refractivity contribution in [2.24, 2.45) is 0 Å². The third kappa shape index (κ3) is 39.3. The number of quaternary nitrogens is 1. The molecule has 0 aromatic rings. The van der Waals surface area contributed by atoms with Gasteiger partial charge in [-0.05, 0) is 38.5 Å². The maximum atomic E-state index is 12.7. The molecule has 0 amide bonds. The maximum Gasteiger partial charge on any atom is 0.306 e. The summed E-state index contributed by atoms with van der Waals surface area (Å²) in [4.78, 5) is 36.9. The van der Waals surface area contributed by atoms with E-state index >= 15 is 0 Å². The molecule has 0 saturated heterocycles. The van der Waals surface area contributed by atoms with Gasteiger partial charge in [-0.3, -0.25) is 9.59 Å². The van der Waals surface area contributed by atoms with Crippen LogP contribution in [0.3, 0.4) is 0 Å². The second kappa shape index (κ2) is 40.8. The van der Waals surface area contributed by atoms with Crippen molar-refractivity contribution in [2.75, 3.05) is 41.0 Å². The van der Waals surface area contributed by atoms with E-state index in [4.69, 9.17) is 14.2 Å². The minimum atomic E-state index is -1.12. The quantitative estimate of drug-likeness (QED) is 0.0261. The number of unbranched alkanes of at least 4 members (excludes halogenated alkanes) is 28. The van der Waals surface area contributed by atoms with E-state index in [2.05, 4.69) is 26.0 Å². The second-order valence-electron chi connectivity index (χ2n) is 17.7. The largest absolute Gasteiger partial charge is 0.544 e. The van der Waals surface area contributed by atoms with Gasteiger partial charge in [0.25, 0.3) is 0 Å². The van der Waals surface area contributed by atoms with Crippen molar-refractivity contribution in [1.82, 2.24) is 0 Å². The zero-order chi connectivity index (χ0) is 42.1. The van der Waals surface area contributed by atoms with Crippen LogP contribution in [-0.4, -0.2) is 75.5 Å². The zero-order valence-corrected chi connectivity index (χ0v) is 38.3. The van der Waals surface area contributed by atoms with Gasteiger partial charge in [0.15, 0.2) is 6.10 Å². The average Bonchev–Trinajstić information content (AvgIpc) is 3.17. The molecule has 0 saturated carbocycles. The monoisotopic (exact) mass is 808 g/mol. The van der Waals surface area contributed by atoms with Gasteiger partial charge in [-0.15, -0.1) is 0 Å². The molecule has 8 nitrogen and oxygen atoms in total. The molecule has 0 rings (SSSR count). The highest BCUT2D eigenvalue weighted by atomic mass is 16.6. The van der Waals surface area contributed by atoms with E-state index in [1.54, 1.807) is 21.1 Å². The molecule has 0 aliphatic carbocycles. The number of carbonyl (C=O) groups excluding carboxylic acids is 3. The fourth-order valence-electron chi connectivity index (χ4n) is 7.36. The molecular weight excluding hydrogens is 715 g/mol. The minimum absolute atomic E-state index is 0.0448. The van der Waals surface area contributed by atoms with E-state index in [9.17, 15) is 19.5 Å². The van der Waals surface area contributed by atoms with Crippen LogP contribution in [0.1, 0.15) is 232 Å². The Balaban J connectivity index is 4.26. The van der Waals surface area contributed by atoms with Gasteiger partial charge in [-0.1, -0.05) is 187 Å². The lowest BCUT2D eigenvalue weighted by atomic mass is 10.0. The summed E-state index contributed by atoms with van der Waals surface area (Å²) in [6, 6.07) is -0.722. The van der Waals surface area contributed by atoms with Crippen molar-refractivity contribution in [2.45, 2.75) is 244 Å². The number of rotatable bonds is 44. The molecule has 0 aromatic carbocycles. The van der Waals surface area contributed by atoms with Crippen molar-refractivity contribution < 1.29 is 38.2 Å². The average molecular weight is 808 g/mol. The number of nitrogens with zero attached hydrogens (tertiary/aromatic N) is 1. The number of carbonyl (C=O) groups is 3. The van der Waals surface area contributed by atoms with Crippen molar-refractivity contribution in [3.8, 4) is 0 Å². The first kappa shape index (κ1) is 55.1. The van der Waals surface area contributed by atoms with Crippen LogP contribution in [0.25, 0.3) is 0 Å². The first-order valence-corrected chi connectivity index (χ1v) is 24.2. The molecule has 0 aromatic heterocycles. The molecule has 0 heterocycles. The number of esters is 2. The molecule has 0 aliphatic heterocycles. The Bertz CT molecular complexity index is 947. The van der Waals surface area contributed by atoms with Gasteiger partial charge in [0.05, 0.1) is 40.3 Å². The third-order valence-electron chi connectivity index (χ3n) is 11.2. The summed E-state index contributed by atoms with van der Waals surface area (Å²) in [5.41, 5.74) is 0. The predicted molar refractivity (Wildman–Crippen MR) is 236 cm³/mol. The highest BCUT2D eigenvalue weighted by molar-refractivity contribution is 5.70. The van der Waals surface area contributed by atoms with Gasteiger partial charge in [-0.2, -0.15) is 0 Å². The molecule has 0 N–H and O–H groups in total. The molecule has 0 bridgehead atoms. The van der Waals surface area contributed by atoms with Crippen LogP contribution in [-0.2, 0) is 28.6 Å². The predicted octanol–water partition coefficient (Wildman–Crippen LogP) is 12.1. The molecule has 8 heteroatoms. The fraction of sp³-hybridized carbons (Fsp3) is 0.898. The Morgan fingerprint density at radius 3 is 1.26 bits per heavy atom. The van der Waals surface area contributed by atoms with Crippen LogP contribution >= 0.6 is 0 Å². The van der Waals surface area contributed by atoms with Crippen LogP contribution < -0.4 is 5.11 Å². The van der Waals surface area contributed by atoms with E-state index < -0.39 is 18.1 Å². The fourth-order valence-corrected chi connectivity index (χ4v) is 7.36. The Labute approximate surface area is 352 Å². The molecule has 336 valence electrons. The summed E-state index contributed by atoms with van der Waals surface area (Å²) in [5.74, 6) is -1.72. The lowest BCUT2D eigenvalue weighted by molar-refractivity contribution is -0.889. The molecule has 2 unspecified atom stereocenters. The number of ether oxygens (including phenoxy) is 3. The number of aliphatic carboxylic acids is 1. The summed E-state index contributed by atoms with van der Waals surface area (Å²) in [6.45, 7) is 4.69. The molecule has 0 radical (unpaired) electrons. The first-order valence-electron chi connectivity index (χ1n) is 24.2. The number of hydrogen-bond acceptors (Lipinski definition) is 7. The summed E-state index contributed by atoms with van der Waals surface area (Å²) in [6.07, 6.45) is 43.7. The van der Waals surface area contributed by atoms with Gasteiger partial charge in [-0.25, -0.2) is 0 Å². The Morgan fingerprint density at radius 2 is 0.877 bits per heavy atom. The third-order valence-corrected chi connectivity index (χ3v) is 11.2.